The molecule has 1 aromatic rings. The van der Waals surface area contributed by atoms with Crippen molar-refractivity contribution in [3.63, 3.8) is 0 Å². The normalized spacial score (nSPS) is 12.1. The Morgan fingerprint density at radius 3 is 3.00 bits per heavy atom. The molecule has 0 aromatic carbocycles. The molecule has 0 amide bonds. The van der Waals surface area contributed by atoms with Crippen LogP contribution < -0.4 is 5.32 Å². The van der Waals surface area contributed by atoms with E-state index >= 15 is 0 Å². The molecule has 16 heavy (non-hydrogen) atoms. The first kappa shape index (κ1) is 12.3. The van der Waals surface area contributed by atoms with Gasteiger partial charge in [-0.3, -0.25) is 10.1 Å². The van der Waals surface area contributed by atoms with Crippen LogP contribution in [0.5, 0.6) is 0 Å². The van der Waals surface area contributed by atoms with Gasteiger partial charge in [0.05, 0.1) is 11.5 Å². The maximum absolute atomic E-state index is 10.7. The summed E-state index contributed by atoms with van der Waals surface area (Å²) in [6.45, 7) is -0.0529. The molecular formula is C7H9N3O5S. The highest BCUT2D eigenvalue weighted by atomic mass is 32.1. The summed E-state index contributed by atoms with van der Waals surface area (Å²) in [6, 6.07) is -0.976. The Hall–Kier alpha value is -1.74. The lowest BCUT2D eigenvalue weighted by molar-refractivity contribution is -0.380. The van der Waals surface area contributed by atoms with Crippen molar-refractivity contribution in [3.8, 4) is 0 Å². The Morgan fingerprint density at radius 1 is 1.88 bits per heavy atom. The van der Waals surface area contributed by atoms with Gasteiger partial charge >= 0.3 is 11.0 Å². The Morgan fingerprint density at radius 2 is 2.56 bits per heavy atom. The van der Waals surface area contributed by atoms with Crippen molar-refractivity contribution >= 4 is 27.4 Å². The second-order valence-electron chi connectivity index (χ2n) is 2.75. The van der Waals surface area contributed by atoms with Gasteiger partial charge in [0.25, 0.3) is 0 Å². The van der Waals surface area contributed by atoms with Crippen LogP contribution in [0.15, 0.2) is 6.20 Å². The molecule has 9 heteroatoms. The summed E-state index contributed by atoms with van der Waals surface area (Å²) in [5, 5.41) is 21.7. The molecule has 0 saturated heterocycles. The van der Waals surface area contributed by atoms with E-state index in [0.717, 1.165) is 17.5 Å². The van der Waals surface area contributed by atoms with Crippen molar-refractivity contribution in [1.82, 2.24) is 4.98 Å². The topological polar surface area (TPSA) is 115 Å². The molecule has 1 unspecified atom stereocenters. The summed E-state index contributed by atoms with van der Waals surface area (Å²) in [4.78, 5) is 24.2. The van der Waals surface area contributed by atoms with Crippen molar-refractivity contribution in [1.29, 1.82) is 0 Å². The van der Waals surface area contributed by atoms with Crippen molar-refractivity contribution in [2.75, 3.05) is 19.0 Å². The molecule has 0 fully saturated rings. The number of hydrogen-bond donors (Lipinski definition) is 2. The monoisotopic (exact) mass is 247 g/mol. The van der Waals surface area contributed by atoms with Crippen LogP contribution in [-0.4, -0.2) is 40.7 Å². The second-order valence-corrected chi connectivity index (χ2v) is 3.76. The molecule has 8 nitrogen and oxygen atoms in total. The van der Waals surface area contributed by atoms with E-state index in [-0.39, 0.29) is 16.7 Å². The molecule has 0 aliphatic carbocycles. The number of aromatic nitrogens is 1. The lowest BCUT2D eigenvalue weighted by Crippen LogP contribution is -2.33. The van der Waals surface area contributed by atoms with Gasteiger partial charge in [0.1, 0.15) is 12.2 Å². The SMILES string of the molecule is COCC(Nc1ncc([N+](=O)[O-])s1)C(=O)O. The molecule has 0 saturated carbocycles. The van der Waals surface area contributed by atoms with Crippen molar-refractivity contribution < 1.29 is 19.6 Å². The number of hydrogen-bond acceptors (Lipinski definition) is 7. The summed E-state index contributed by atoms with van der Waals surface area (Å²) >= 11 is 0.772. The third kappa shape index (κ3) is 3.14. The Balaban J connectivity index is 2.69. The molecule has 88 valence electrons. The van der Waals surface area contributed by atoms with Crippen LogP contribution in [0.25, 0.3) is 0 Å². The second kappa shape index (κ2) is 5.37. The summed E-state index contributed by atoms with van der Waals surface area (Å²) in [5.74, 6) is -1.11. The average molecular weight is 247 g/mol. The number of thiazole rings is 1. The van der Waals surface area contributed by atoms with Crippen LogP contribution in [0.4, 0.5) is 10.1 Å². The number of rotatable bonds is 6. The highest BCUT2D eigenvalue weighted by molar-refractivity contribution is 7.18. The predicted molar refractivity (Wildman–Crippen MR) is 55.7 cm³/mol. The lowest BCUT2D eigenvalue weighted by atomic mass is 10.3. The van der Waals surface area contributed by atoms with Crippen LogP contribution in [0.2, 0.25) is 0 Å². The zero-order chi connectivity index (χ0) is 12.1. The summed E-state index contributed by atoms with van der Waals surface area (Å²) in [6.07, 6.45) is 1.07. The largest absolute Gasteiger partial charge is 0.480 e. The van der Waals surface area contributed by atoms with Crippen LogP contribution in [0, 0.1) is 10.1 Å². The number of nitrogens with one attached hydrogen (secondary N) is 1. The fraction of sp³-hybridized carbons (Fsp3) is 0.429. The number of carboxylic acids is 1. The Labute approximate surface area is 94.0 Å². The first-order chi connectivity index (χ1) is 7.54. The fourth-order valence-electron chi connectivity index (χ4n) is 0.907. The average Bonchev–Trinajstić information content (AvgIpc) is 2.65. The molecular weight excluding hydrogens is 238 g/mol. The van der Waals surface area contributed by atoms with Gasteiger partial charge in [-0.2, -0.15) is 0 Å². The summed E-state index contributed by atoms with van der Waals surface area (Å²) in [5.41, 5.74) is 0. The zero-order valence-corrected chi connectivity index (χ0v) is 9.06. The van der Waals surface area contributed by atoms with E-state index in [9.17, 15) is 14.9 Å². The number of anilines is 1. The molecule has 1 aromatic heterocycles. The first-order valence-corrected chi connectivity index (χ1v) is 4.94. The van der Waals surface area contributed by atoms with E-state index in [1.54, 1.807) is 0 Å². The minimum Gasteiger partial charge on any atom is -0.480 e. The van der Waals surface area contributed by atoms with E-state index in [1.807, 2.05) is 0 Å². The maximum atomic E-state index is 10.7. The molecule has 1 rings (SSSR count). The van der Waals surface area contributed by atoms with Crippen molar-refractivity contribution in [2.24, 2.45) is 0 Å². The van der Waals surface area contributed by atoms with Crippen molar-refractivity contribution in [2.45, 2.75) is 6.04 Å². The fourth-order valence-corrected chi connectivity index (χ4v) is 1.59. The number of methoxy groups -OCH3 is 1. The number of carboxylic acid groups (broad SMARTS) is 1. The predicted octanol–water partition coefficient (Wildman–Crippen LogP) is 0.563. The molecule has 0 bridgehead atoms. The maximum Gasteiger partial charge on any atom is 0.345 e. The number of aliphatic carboxylic acids is 1. The van der Waals surface area contributed by atoms with Crippen LogP contribution >= 0.6 is 11.3 Å². The highest BCUT2D eigenvalue weighted by Gasteiger charge is 2.20. The number of ether oxygens (including phenoxy) is 1. The van der Waals surface area contributed by atoms with Gasteiger partial charge in [0.2, 0.25) is 0 Å². The molecule has 0 aliphatic rings. The Bertz CT molecular complexity index is 393. The molecule has 0 aliphatic heterocycles. The van der Waals surface area contributed by atoms with Gasteiger partial charge in [0.15, 0.2) is 5.13 Å². The van der Waals surface area contributed by atoms with E-state index in [4.69, 9.17) is 9.84 Å². The van der Waals surface area contributed by atoms with Gasteiger partial charge in [-0.05, 0) is 11.3 Å². The molecule has 0 radical (unpaired) electrons. The third-order valence-electron chi connectivity index (χ3n) is 1.60. The van der Waals surface area contributed by atoms with Gasteiger partial charge in [0, 0.05) is 7.11 Å². The minimum atomic E-state index is -1.11. The van der Waals surface area contributed by atoms with Crippen LogP contribution in [0.3, 0.4) is 0 Å². The number of nitro groups is 1. The van der Waals surface area contributed by atoms with E-state index < -0.39 is 16.9 Å². The quantitative estimate of drug-likeness (QED) is 0.557. The number of carbonyl (C=O) groups is 1. The van der Waals surface area contributed by atoms with Crippen LogP contribution in [0.1, 0.15) is 0 Å². The third-order valence-corrected chi connectivity index (χ3v) is 2.48. The smallest absolute Gasteiger partial charge is 0.345 e. The van der Waals surface area contributed by atoms with Gasteiger partial charge in [-0.1, -0.05) is 0 Å². The van der Waals surface area contributed by atoms with E-state index in [0.29, 0.717) is 0 Å². The number of nitrogens with zero attached hydrogens (tertiary/aromatic N) is 2. The molecule has 0 spiro atoms. The molecule has 1 heterocycles. The van der Waals surface area contributed by atoms with E-state index in [2.05, 4.69) is 10.3 Å². The highest BCUT2D eigenvalue weighted by Crippen LogP contribution is 2.25. The van der Waals surface area contributed by atoms with Gasteiger partial charge in [-0.15, -0.1) is 0 Å². The zero-order valence-electron chi connectivity index (χ0n) is 8.24. The van der Waals surface area contributed by atoms with Gasteiger partial charge in [-0.25, -0.2) is 9.78 Å². The lowest BCUT2D eigenvalue weighted by Gasteiger charge is -2.11. The van der Waals surface area contributed by atoms with Gasteiger partial charge < -0.3 is 15.2 Å². The minimum absolute atomic E-state index is 0.0529. The first-order valence-electron chi connectivity index (χ1n) is 4.13. The van der Waals surface area contributed by atoms with Crippen molar-refractivity contribution in [3.05, 3.63) is 16.3 Å². The Kier molecular flexibility index (Phi) is 4.14. The van der Waals surface area contributed by atoms with Crippen LogP contribution in [-0.2, 0) is 9.53 Å². The standard InChI is InChI=1S/C7H9N3O5S/c1-15-3-4(6(11)12)9-7-8-2-5(16-7)10(13)14/h2,4H,3H2,1H3,(H,8,9)(H,11,12). The summed E-state index contributed by atoms with van der Waals surface area (Å²) in [7, 11) is 1.36. The molecule has 1 atom stereocenters. The van der Waals surface area contributed by atoms with E-state index in [1.165, 1.54) is 7.11 Å². The summed E-state index contributed by atoms with van der Waals surface area (Å²) < 4.78 is 4.69. The molecule has 2 N–H and O–H groups in total.